The van der Waals surface area contributed by atoms with E-state index in [4.69, 9.17) is 10.2 Å². The van der Waals surface area contributed by atoms with E-state index < -0.39 is 16.5 Å². The zero-order valence-corrected chi connectivity index (χ0v) is 19.4. The predicted molar refractivity (Wildman–Crippen MR) is 126 cm³/mol. The molecule has 0 aliphatic heterocycles. The summed E-state index contributed by atoms with van der Waals surface area (Å²) in [7, 11) is -3.21. The highest BCUT2D eigenvalue weighted by molar-refractivity contribution is 6.80. The topological polar surface area (TPSA) is 31.2 Å². The van der Waals surface area contributed by atoms with Gasteiger partial charge in [0, 0.05) is 30.2 Å². The van der Waals surface area contributed by atoms with Gasteiger partial charge >= 0.3 is 0 Å². The summed E-state index contributed by atoms with van der Waals surface area (Å²) >= 11 is 0. The molecule has 6 heteroatoms. The largest absolute Gasteiger partial charge is 0.296 e. The van der Waals surface area contributed by atoms with E-state index in [1.165, 1.54) is 0 Å². The van der Waals surface area contributed by atoms with Crippen molar-refractivity contribution < 1.29 is 0 Å². The van der Waals surface area contributed by atoms with Crippen molar-refractivity contribution in [3.8, 4) is 0 Å². The second kappa shape index (κ2) is 9.15. The first-order chi connectivity index (χ1) is 12.7. The van der Waals surface area contributed by atoms with Crippen molar-refractivity contribution in [3.05, 3.63) is 60.7 Å². The molecule has 2 aromatic rings. The van der Waals surface area contributed by atoms with Gasteiger partial charge in [-0.05, 0) is 63.5 Å². The van der Waals surface area contributed by atoms with Crippen LogP contribution in [0.4, 0.5) is 11.4 Å². The van der Waals surface area contributed by atoms with Crippen LogP contribution in [0.3, 0.4) is 0 Å². The molecule has 0 unspecified atom stereocenters. The van der Waals surface area contributed by atoms with Crippen LogP contribution in [-0.4, -0.2) is 28.9 Å². The molecule has 2 rings (SSSR count). The number of para-hydroxylation sites is 2. The molecular weight excluding hydrogens is 364 g/mol. The first kappa shape index (κ1) is 21.1. The Bertz CT molecular complexity index is 682. The van der Waals surface area contributed by atoms with Gasteiger partial charge in [0.2, 0.25) is 0 Å². The van der Waals surface area contributed by atoms with E-state index in [2.05, 4.69) is 97.2 Å². The maximum atomic E-state index is 4.77. The third kappa shape index (κ3) is 6.48. The molecule has 0 N–H and O–H groups in total. The highest BCUT2D eigenvalue weighted by atomic mass is 28.3. The van der Waals surface area contributed by atoms with Crippen LogP contribution in [0.5, 0.6) is 0 Å². The van der Waals surface area contributed by atoms with Crippen molar-refractivity contribution in [2.24, 2.45) is 10.2 Å². The van der Waals surface area contributed by atoms with E-state index in [0.717, 1.165) is 11.4 Å². The van der Waals surface area contributed by atoms with Gasteiger partial charge in [0.15, 0.2) is 16.5 Å². The number of benzene rings is 2. The van der Waals surface area contributed by atoms with Crippen molar-refractivity contribution >= 4 is 40.3 Å². The van der Waals surface area contributed by atoms with Gasteiger partial charge in [-0.2, -0.15) is 10.2 Å². The minimum Gasteiger partial charge on any atom is -0.296 e. The first-order valence-electron chi connectivity index (χ1n) is 9.45. The van der Waals surface area contributed by atoms with Crippen molar-refractivity contribution in [3.63, 3.8) is 0 Å². The van der Waals surface area contributed by atoms with Gasteiger partial charge in [-0.25, -0.2) is 0 Å². The third-order valence-electron chi connectivity index (χ3n) is 3.88. The van der Waals surface area contributed by atoms with Gasteiger partial charge in [0.1, 0.15) is 0 Å². The summed E-state index contributed by atoms with van der Waals surface area (Å²) < 4.78 is 4.38. The summed E-state index contributed by atoms with van der Waals surface area (Å²) in [6, 6.07) is 20.8. The maximum absolute atomic E-state index is 4.77. The van der Waals surface area contributed by atoms with Crippen LogP contribution >= 0.6 is 0 Å². The summed E-state index contributed by atoms with van der Waals surface area (Å²) in [6.45, 7) is 13.8. The molecule has 0 radical (unpaired) electrons. The average Bonchev–Trinajstić information content (AvgIpc) is 2.60. The van der Waals surface area contributed by atoms with E-state index in [1.54, 1.807) is 0 Å². The lowest BCUT2D eigenvalue weighted by Crippen LogP contribution is -2.42. The Kier molecular flexibility index (Phi) is 7.15. The summed E-state index contributed by atoms with van der Waals surface area (Å²) in [6.07, 6.45) is 4.63. The molecular formula is C21H32N4Si2. The minimum atomic E-state index is -1.60. The molecule has 0 aromatic heterocycles. The number of hydrogen-bond acceptors (Lipinski definition) is 4. The minimum absolute atomic E-state index is 0.710. The Morgan fingerprint density at radius 3 is 1.26 bits per heavy atom. The fourth-order valence-electron chi connectivity index (χ4n) is 2.70. The zero-order chi connectivity index (χ0) is 19.9. The molecule has 0 spiro atoms. The Balaban J connectivity index is 2.09. The molecule has 0 saturated carbocycles. The van der Waals surface area contributed by atoms with Gasteiger partial charge in [-0.15, -0.1) is 0 Å². The number of rotatable bonds is 8. The zero-order valence-electron chi connectivity index (χ0n) is 17.4. The van der Waals surface area contributed by atoms with Crippen LogP contribution in [0.25, 0.3) is 0 Å². The second-order valence-corrected chi connectivity index (χ2v) is 18.0. The van der Waals surface area contributed by atoms with E-state index in [-0.39, 0.29) is 0 Å². The lowest BCUT2D eigenvalue weighted by atomic mass is 10.3. The van der Waals surface area contributed by atoms with E-state index in [9.17, 15) is 0 Å². The molecule has 27 heavy (non-hydrogen) atoms. The molecule has 144 valence electrons. The summed E-state index contributed by atoms with van der Waals surface area (Å²) in [5, 5.41) is 9.54. The van der Waals surface area contributed by atoms with Gasteiger partial charge in [-0.3, -0.25) is 9.35 Å². The molecule has 0 fully saturated rings. The fraction of sp³-hybridized carbons (Fsp3) is 0.333. The number of hydrogen-bond donors (Lipinski definition) is 0. The molecule has 2 aromatic carbocycles. The molecule has 0 aliphatic carbocycles. The normalized spacial score (nSPS) is 12.7. The van der Waals surface area contributed by atoms with Crippen LogP contribution in [0.15, 0.2) is 70.9 Å². The lowest BCUT2D eigenvalue weighted by Gasteiger charge is -2.31. The highest BCUT2D eigenvalue weighted by Gasteiger charge is 2.25. The molecule has 0 heterocycles. The van der Waals surface area contributed by atoms with Crippen LogP contribution < -0.4 is 9.35 Å². The van der Waals surface area contributed by atoms with Crippen molar-refractivity contribution in [2.45, 2.75) is 45.7 Å². The Morgan fingerprint density at radius 1 is 0.630 bits per heavy atom. The predicted octanol–water partition coefficient (Wildman–Crippen LogP) is 6.03. The van der Waals surface area contributed by atoms with Crippen LogP contribution in [0.1, 0.15) is 6.42 Å². The monoisotopic (exact) mass is 396 g/mol. The van der Waals surface area contributed by atoms with E-state index in [1.807, 2.05) is 24.6 Å². The van der Waals surface area contributed by atoms with Gasteiger partial charge in [0.25, 0.3) is 0 Å². The summed E-state index contributed by atoms with van der Waals surface area (Å²) in [5.74, 6) is 0. The Morgan fingerprint density at radius 2 is 0.963 bits per heavy atom. The van der Waals surface area contributed by atoms with Crippen LogP contribution in [0, 0.1) is 0 Å². The number of nitrogens with zero attached hydrogens (tertiary/aromatic N) is 4. The maximum Gasteiger partial charge on any atom is 0.176 e. The fourth-order valence-corrected chi connectivity index (χ4v) is 5.40. The SMILES string of the molecule is C[Si](C)(C)N(/N=C\C/C=N/N(c1ccccc1)[Si](C)(C)C)c1ccccc1. The van der Waals surface area contributed by atoms with E-state index >= 15 is 0 Å². The standard InChI is InChI=1S/C21H32N4Si2/c1-26(2,3)24(20-14-9-7-10-15-20)22-18-13-19-23-25(27(4,5)6)21-16-11-8-12-17-21/h7-12,14-19H,13H2,1-6H3/b22-18-,23-19+. The van der Waals surface area contributed by atoms with Gasteiger partial charge in [0.05, 0.1) is 0 Å². The number of hydrazone groups is 2. The van der Waals surface area contributed by atoms with Crippen molar-refractivity contribution in [2.75, 3.05) is 9.35 Å². The Hall–Kier alpha value is -2.19. The summed E-state index contributed by atoms with van der Waals surface area (Å²) in [4.78, 5) is 0. The molecule has 0 aliphatic rings. The van der Waals surface area contributed by atoms with Crippen LogP contribution in [0.2, 0.25) is 39.3 Å². The second-order valence-electron chi connectivity index (χ2n) is 8.47. The quantitative estimate of drug-likeness (QED) is 0.310. The highest BCUT2D eigenvalue weighted by Crippen LogP contribution is 2.22. The third-order valence-corrected chi connectivity index (χ3v) is 7.17. The molecule has 0 bridgehead atoms. The lowest BCUT2D eigenvalue weighted by molar-refractivity contribution is 1.11. The summed E-state index contributed by atoms with van der Waals surface area (Å²) in [5.41, 5.74) is 2.30. The van der Waals surface area contributed by atoms with Gasteiger partial charge < -0.3 is 0 Å². The molecule has 0 amide bonds. The van der Waals surface area contributed by atoms with Crippen molar-refractivity contribution in [1.82, 2.24) is 0 Å². The van der Waals surface area contributed by atoms with Gasteiger partial charge in [-0.1, -0.05) is 36.4 Å². The first-order valence-corrected chi connectivity index (χ1v) is 16.3. The average molecular weight is 397 g/mol. The van der Waals surface area contributed by atoms with Crippen molar-refractivity contribution in [1.29, 1.82) is 0 Å². The Labute approximate surface area is 166 Å². The molecule has 4 nitrogen and oxygen atoms in total. The molecule has 0 saturated heterocycles. The smallest absolute Gasteiger partial charge is 0.176 e. The van der Waals surface area contributed by atoms with Crippen LogP contribution in [-0.2, 0) is 0 Å². The van der Waals surface area contributed by atoms with E-state index in [0.29, 0.717) is 6.42 Å². The molecule has 0 atom stereocenters. The number of anilines is 2.